The van der Waals surface area contributed by atoms with Gasteiger partial charge in [0.05, 0.1) is 17.2 Å². The maximum absolute atomic E-state index is 4.60. The molecule has 8 aromatic carbocycles. The Morgan fingerprint density at radius 1 is 0.292 bits per heavy atom. The third-order valence-corrected chi connectivity index (χ3v) is 15.3. The van der Waals surface area contributed by atoms with Crippen LogP contribution >= 0.6 is 0 Å². The number of aryl methyl sites for hydroxylation is 3. The second-order valence-corrected chi connectivity index (χ2v) is 21.6. The van der Waals surface area contributed by atoms with Gasteiger partial charge in [0.1, 0.15) is 11.6 Å². The van der Waals surface area contributed by atoms with Gasteiger partial charge in [-0.2, -0.15) is 20.4 Å². The SMILES string of the molecule is Cc1c[c-]c(-c2ccccn2)cc1C.Cn1ccnc1-c1[c-]cccc1.[Ir].[Ir].[c-]1cc(-c2cc3ccccc3cn2)ccc1-c1nnc(-c2ccc(-c3cc4ccccc4cn3)cc2)nn1.[c-]1cc(-c2ccccn2)ccc1-c1nnc(-c2ccc(-c3ccccn3)cc2)nn1. The van der Waals surface area contributed by atoms with Gasteiger partial charge in [-0.1, -0.05) is 146 Å². The summed E-state index contributed by atoms with van der Waals surface area (Å²) >= 11 is 0. The first kappa shape index (κ1) is 65.9. The average Bonchev–Trinajstić information content (AvgIpc) is 1.64. The van der Waals surface area contributed by atoms with E-state index in [2.05, 4.69) is 151 Å². The molecule has 15 nitrogen and oxygen atoms in total. The van der Waals surface area contributed by atoms with Crippen LogP contribution in [0.1, 0.15) is 11.1 Å². The fourth-order valence-corrected chi connectivity index (χ4v) is 9.98. The molecule has 16 aromatic rings. The van der Waals surface area contributed by atoms with E-state index in [4.69, 9.17) is 0 Å². The van der Waals surface area contributed by atoms with Gasteiger partial charge in [-0.3, -0.25) is 24.9 Å². The van der Waals surface area contributed by atoms with Gasteiger partial charge < -0.3 is 9.55 Å². The molecule has 0 aliphatic heterocycles. The predicted molar refractivity (Wildman–Crippen MR) is 368 cm³/mol. The van der Waals surface area contributed by atoms with Crippen molar-refractivity contribution in [1.29, 1.82) is 0 Å². The first-order valence-electron chi connectivity index (χ1n) is 30.1. The van der Waals surface area contributed by atoms with E-state index >= 15 is 0 Å². The second-order valence-electron chi connectivity index (χ2n) is 21.6. The number of pyridine rings is 5. The Morgan fingerprint density at radius 3 is 1.16 bits per heavy atom. The van der Waals surface area contributed by atoms with E-state index in [1.54, 1.807) is 24.8 Å². The van der Waals surface area contributed by atoms with Gasteiger partial charge in [0.2, 0.25) is 11.6 Å². The fraction of sp³-hybridized carbons (Fsp3) is 0.0380. The molecule has 0 saturated heterocycles. The van der Waals surface area contributed by atoms with Crippen molar-refractivity contribution in [2.45, 2.75) is 13.8 Å². The fourth-order valence-electron chi connectivity index (χ4n) is 9.98. The third-order valence-electron chi connectivity index (χ3n) is 15.3. The summed E-state index contributed by atoms with van der Waals surface area (Å²) in [5.41, 5.74) is 16.4. The summed E-state index contributed by atoms with van der Waals surface area (Å²) in [4.78, 5) is 26.4. The summed E-state index contributed by atoms with van der Waals surface area (Å²) in [6, 6.07) is 90.2. The predicted octanol–water partition coefficient (Wildman–Crippen LogP) is 16.4. The van der Waals surface area contributed by atoms with E-state index in [1.165, 1.54) is 11.1 Å². The van der Waals surface area contributed by atoms with E-state index in [0.717, 1.165) is 111 Å². The Hall–Kier alpha value is -11.6. The monoisotopic (exact) mass is 1600 g/mol. The number of rotatable bonds is 10. The quantitative estimate of drug-likeness (QED) is 0.118. The molecule has 8 aromatic heterocycles. The summed E-state index contributed by atoms with van der Waals surface area (Å²) in [6.45, 7) is 4.20. The van der Waals surface area contributed by atoms with Crippen molar-refractivity contribution in [3.63, 3.8) is 0 Å². The van der Waals surface area contributed by atoms with Crippen LogP contribution in [0.15, 0.2) is 280 Å². The van der Waals surface area contributed by atoms with Crippen LogP contribution < -0.4 is 0 Å². The van der Waals surface area contributed by atoms with Gasteiger partial charge in [-0.05, 0) is 64.3 Å². The Bertz CT molecular complexity index is 4870. The zero-order chi connectivity index (χ0) is 63.8. The maximum Gasteiger partial charge on any atom is 0.201 e. The topological polar surface area (TPSA) is 185 Å². The summed E-state index contributed by atoms with van der Waals surface area (Å²) in [5, 5.41) is 38.7. The molecule has 0 aliphatic rings. The largest absolute Gasteiger partial charge is 0.373 e. The van der Waals surface area contributed by atoms with Crippen molar-refractivity contribution in [2.24, 2.45) is 7.05 Å². The molecule has 0 bridgehead atoms. The van der Waals surface area contributed by atoms with Crippen molar-refractivity contribution in [3.05, 3.63) is 315 Å². The van der Waals surface area contributed by atoms with E-state index in [9.17, 15) is 0 Å². The van der Waals surface area contributed by atoms with E-state index in [1.807, 2.05) is 224 Å². The smallest absolute Gasteiger partial charge is 0.201 e. The number of hydrogen-bond donors (Lipinski definition) is 0. The van der Waals surface area contributed by atoms with Crippen LogP contribution in [0.2, 0.25) is 0 Å². The molecular weight excluding hydrogens is 1540 g/mol. The van der Waals surface area contributed by atoms with Gasteiger partial charge >= 0.3 is 0 Å². The summed E-state index contributed by atoms with van der Waals surface area (Å²) in [5.74, 6) is 2.73. The number of hydrogen-bond acceptors (Lipinski definition) is 14. The summed E-state index contributed by atoms with van der Waals surface area (Å²) < 4.78 is 1.98. The van der Waals surface area contributed by atoms with Crippen LogP contribution in [0.25, 0.3) is 135 Å². The van der Waals surface area contributed by atoms with Crippen molar-refractivity contribution in [3.8, 4) is 113 Å². The standard InChI is InChI=1S/C32H19N6.C24H15N6.C13H12N.C10H9N2.2Ir/c1-3-7-27-19-33-29(17-25(27)5-1)21-9-13-23(14-10-21)31-35-37-32(38-36-31)24-15-11-22(12-16-24)30-18-26-6-2-4-8-28(26)20-34-30;1-3-15-25-21(5-1)17-7-11-19(12-8-17)23-27-29-24(30-28-23)20-13-9-18(10-14-20)22-6-2-4-16-26-22;1-10-6-7-12(9-11(10)2)13-5-3-4-8-14-13;1-12-8-7-11-10(12)9-5-3-2-4-6-9;;/h1-15,17-20H;1-13,15-16H;3-6,8-9H,1-2H3;2-5,7-8H,1H3;;/q4*-1;;. The molecule has 2 radical (unpaired) electrons. The Morgan fingerprint density at radius 2 is 0.708 bits per heavy atom. The number of nitrogens with zero attached hydrogens (tertiary/aromatic N) is 15. The van der Waals surface area contributed by atoms with Gasteiger partial charge in [0.15, 0.2) is 0 Å². The molecule has 0 unspecified atom stereocenters. The number of aromatic nitrogens is 15. The van der Waals surface area contributed by atoms with Gasteiger partial charge in [-0.15, -0.1) is 151 Å². The van der Waals surface area contributed by atoms with Crippen LogP contribution in [0.4, 0.5) is 0 Å². The zero-order valence-electron chi connectivity index (χ0n) is 51.9. The maximum atomic E-state index is 4.60. The van der Waals surface area contributed by atoms with E-state index in [0.29, 0.717) is 23.3 Å². The Labute approximate surface area is 582 Å². The van der Waals surface area contributed by atoms with Crippen LogP contribution in [0.5, 0.6) is 0 Å². The Kier molecular flexibility index (Phi) is 21.9. The minimum Gasteiger partial charge on any atom is -0.373 e. The van der Waals surface area contributed by atoms with Crippen LogP contribution in [0, 0.1) is 38.1 Å². The first-order valence-corrected chi connectivity index (χ1v) is 30.1. The molecule has 17 heteroatoms. The molecule has 0 amide bonds. The molecule has 96 heavy (non-hydrogen) atoms. The minimum atomic E-state index is 0. The zero-order valence-corrected chi connectivity index (χ0v) is 56.7. The molecular formula is C79H55Ir2N15-4. The van der Waals surface area contributed by atoms with Crippen LogP contribution in [0.3, 0.4) is 0 Å². The van der Waals surface area contributed by atoms with Crippen molar-refractivity contribution in [1.82, 2.24) is 75.3 Å². The van der Waals surface area contributed by atoms with Crippen LogP contribution in [-0.2, 0) is 47.3 Å². The summed E-state index contributed by atoms with van der Waals surface area (Å²) in [7, 11) is 1.98. The number of imidazole rings is 1. The normalized spacial score (nSPS) is 10.5. The minimum absolute atomic E-state index is 0. The van der Waals surface area contributed by atoms with Crippen molar-refractivity contribution < 1.29 is 40.2 Å². The summed E-state index contributed by atoms with van der Waals surface area (Å²) in [6.07, 6.45) is 12.8. The third kappa shape index (κ3) is 16.2. The van der Waals surface area contributed by atoms with E-state index < -0.39 is 0 Å². The number of benzene rings is 8. The molecule has 0 aliphatic carbocycles. The molecule has 16 rings (SSSR count). The average molecular weight is 1600 g/mol. The van der Waals surface area contributed by atoms with E-state index in [-0.39, 0.29) is 40.2 Å². The number of fused-ring (bicyclic) bond motifs is 2. The molecule has 0 atom stereocenters. The molecule has 8 heterocycles. The molecule has 468 valence electrons. The van der Waals surface area contributed by atoms with Gasteiger partial charge in [0, 0.05) is 130 Å². The molecule has 0 saturated carbocycles. The Balaban J connectivity index is 0.000000142. The van der Waals surface area contributed by atoms with Gasteiger partial charge in [-0.25, -0.2) is 0 Å². The van der Waals surface area contributed by atoms with Crippen LogP contribution in [-0.4, -0.2) is 75.3 Å². The second kappa shape index (κ2) is 31.8. The first-order chi connectivity index (χ1) is 46.3. The molecule has 0 fully saturated rings. The molecule has 0 spiro atoms. The van der Waals surface area contributed by atoms with Crippen molar-refractivity contribution in [2.75, 3.05) is 0 Å². The molecule has 0 N–H and O–H groups in total. The van der Waals surface area contributed by atoms with Gasteiger partial charge in [0.25, 0.3) is 0 Å². The van der Waals surface area contributed by atoms with Crippen molar-refractivity contribution >= 4 is 21.5 Å².